The second-order valence-corrected chi connectivity index (χ2v) is 11.1. The molecule has 3 rings (SSSR count). The van der Waals surface area contributed by atoms with Gasteiger partial charge in [0.05, 0.1) is 16.2 Å². The van der Waals surface area contributed by atoms with Crippen molar-refractivity contribution < 1.29 is 29.3 Å². The molecule has 0 bridgehead atoms. The Hall–Kier alpha value is -1.98. The van der Waals surface area contributed by atoms with Crippen molar-refractivity contribution in [2.45, 2.75) is 95.4 Å². The van der Waals surface area contributed by atoms with Crippen LogP contribution >= 0.6 is 22.6 Å². The lowest BCUT2D eigenvalue weighted by Crippen LogP contribution is -2.58. The number of rotatable bonds is 11. The normalized spacial score (nSPS) is 22.5. The molecule has 3 N–H and O–H groups in total. The molecule has 1 aromatic carbocycles. The zero-order valence-electron chi connectivity index (χ0n) is 21.5. The Labute approximate surface area is 233 Å². The molecule has 8 nitrogen and oxygen atoms in total. The van der Waals surface area contributed by atoms with E-state index in [2.05, 4.69) is 27.9 Å². The van der Waals surface area contributed by atoms with Crippen molar-refractivity contribution in [2.75, 3.05) is 13.2 Å². The maximum Gasteiger partial charge on any atom is 0.247 e. The molecule has 0 aromatic heterocycles. The van der Waals surface area contributed by atoms with Gasteiger partial charge in [-0.15, -0.1) is 0 Å². The van der Waals surface area contributed by atoms with Crippen molar-refractivity contribution >= 4 is 40.2 Å². The van der Waals surface area contributed by atoms with E-state index in [4.69, 9.17) is 4.74 Å². The Balaban J connectivity index is 1.94. The summed E-state index contributed by atoms with van der Waals surface area (Å²) in [6, 6.07) is 6.78. The number of ketones is 1. The summed E-state index contributed by atoms with van der Waals surface area (Å²) < 4.78 is 7.09. The lowest BCUT2D eigenvalue weighted by molar-refractivity contribution is -0.142. The minimum absolute atomic E-state index is 0.0376. The van der Waals surface area contributed by atoms with Gasteiger partial charge in [-0.3, -0.25) is 9.59 Å². The molecule has 2 aliphatic carbocycles. The van der Waals surface area contributed by atoms with Crippen molar-refractivity contribution in [1.29, 1.82) is 0 Å². The van der Waals surface area contributed by atoms with E-state index in [0.717, 1.165) is 42.1 Å². The van der Waals surface area contributed by atoms with Gasteiger partial charge in [0.25, 0.3) is 0 Å². The van der Waals surface area contributed by atoms with Crippen LogP contribution < -0.4 is 10.1 Å². The summed E-state index contributed by atoms with van der Waals surface area (Å²) in [5, 5.41) is 23.5. The van der Waals surface area contributed by atoms with E-state index in [9.17, 15) is 24.6 Å². The Kier molecular flexibility index (Phi) is 11.8. The van der Waals surface area contributed by atoms with Crippen LogP contribution in [-0.2, 0) is 14.4 Å². The van der Waals surface area contributed by atoms with Crippen molar-refractivity contribution in [3.63, 3.8) is 0 Å². The summed E-state index contributed by atoms with van der Waals surface area (Å²) in [7, 11) is 0. The number of hydrogen-bond donors (Lipinski definition) is 3. The fraction of sp³-hybridized carbons (Fsp3) is 0.607. The number of benzene rings is 1. The van der Waals surface area contributed by atoms with Crippen LogP contribution in [0.1, 0.15) is 71.1 Å². The van der Waals surface area contributed by atoms with E-state index in [0.29, 0.717) is 24.2 Å². The molecule has 1 fully saturated rings. The van der Waals surface area contributed by atoms with Gasteiger partial charge in [-0.1, -0.05) is 37.8 Å². The molecule has 204 valence electrons. The zero-order valence-corrected chi connectivity index (χ0v) is 23.7. The van der Waals surface area contributed by atoms with Crippen LogP contribution in [0, 0.1) is 3.57 Å². The van der Waals surface area contributed by atoms with Crippen LogP contribution in [0.3, 0.4) is 0 Å². The minimum atomic E-state index is -1.04. The minimum Gasteiger partial charge on any atom is -0.482 e. The molecule has 1 aromatic rings. The van der Waals surface area contributed by atoms with E-state index < -0.39 is 18.2 Å². The molecule has 2 aliphatic rings. The van der Waals surface area contributed by atoms with Gasteiger partial charge in [0.2, 0.25) is 11.8 Å². The van der Waals surface area contributed by atoms with Gasteiger partial charge in [-0.25, -0.2) is 0 Å². The molecule has 0 radical (unpaired) electrons. The molecule has 2 amide bonds. The highest BCUT2D eigenvalue weighted by Gasteiger charge is 2.42. The lowest BCUT2D eigenvalue weighted by atomic mass is 9.86. The maximum atomic E-state index is 13.7. The predicted octanol–water partition coefficient (Wildman–Crippen LogP) is 3.52. The number of aliphatic hydroxyl groups is 2. The number of halogens is 1. The van der Waals surface area contributed by atoms with E-state index >= 15 is 0 Å². The van der Waals surface area contributed by atoms with Crippen molar-refractivity contribution in [1.82, 2.24) is 10.2 Å². The molecule has 3 atom stereocenters. The Bertz CT molecular complexity index is 960. The molecule has 1 saturated carbocycles. The van der Waals surface area contributed by atoms with Gasteiger partial charge >= 0.3 is 0 Å². The predicted molar refractivity (Wildman–Crippen MR) is 149 cm³/mol. The van der Waals surface area contributed by atoms with Crippen LogP contribution in [0.5, 0.6) is 5.75 Å². The molecule has 0 unspecified atom stereocenters. The summed E-state index contributed by atoms with van der Waals surface area (Å²) >= 11 is 2.16. The average Bonchev–Trinajstić information content (AvgIpc) is 3.15. The number of Topliss-reactive ketones (excluding diaryl/α,β-unsaturated/α-hetero) is 1. The van der Waals surface area contributed by atoms with E-state index in [1.807, 2.05) is 29.2 Å². The third-order valence-corrected chi connectivity index (χ3v) is 7.99. The first kappa shape index (κ1) is 29.6. The number of carbonyl (C=O) groups excluding carboxylic acids is 3. The van der Waals surface area contributed by atoms with Gasteiger partial charge in [-0.05, 0) is 67.0 Å². The van der Waals surface area contributed by atoms with Crippen molar-refractivity contribution in [3.8, 4) is 5.75 Å². The van der Waals surface area contributed by atoms with Gasteiger partial charge < -0.3 is 30.0 Å². The molecular weight excluding hydrogens is 587 g/mol. The van der Waals surface area contributed by atoms with Crippen molar-refractivity contribution in [3.05, 3.63) is 39.5 Å². The Morgan fingerprint density at radius 1 is 1.11 bits per heavy atom. The molecule has 37 heavy (non-hydrogen) atoms. The third-order valence-electron chi connectivity index (χ3n) is 7.10. The number of para-hydroxylation sites is 1. The zero-order chi connectivity index (χ0) is 26.8. The molecular formula is C28H39IN2O6. The maximum absolute atomic E-state index is 13.7. The highest BCUT2D eigenvalue weighted by atomic mass is 127. The van der Waals surface area contributed by atoms with Crippen LogP contribution in [0.25, 0.3) is 0 Å². The van der Waals surface area contributed by atoms with Gasteiger partial charge in [0, 0.05) is 37.4 Å². The number of nitrogens with zero attached hydrogens (tertiary/aromatic N) is 1. The number of nitrogens with one attached hydrogen (secondary N) is 1. The first-order valence-corrected chi connectivity index (χ1v) is 14.4. The fourth-order valence-corrected chi connectivity index (χ4v) is 5.76. The summed E-state index contributed by atoms with van der Waals surface area (Å²) in [6.45, 7) is 1.45. The first-order chi connectivity index (χ1) is 17.8. The SMILES string of the molecule is CC(=O)CCCC(=O)N(C1CCCCCC1)[C@@H]1CC(C(=O)NCCO)=C[C@H](Oc2ccccc2I)[C@H]1O. The highest BCUT2D eigenvalue weighted by Crippen LogP contribution is 2.33. The second-order valence-electron chi connectivity index (χ2n) is 9.95. The van der Waals surface area contributed by atoms with Crippen LogP contribution in [0.4, 0.5) is 0 Å². The second kappa shape index (κ2) is 14.8. The lowest BCUT2D eigenvalue weighted by Gasteiger charge is -2.44. The summed E-state index contributed by atoms with van der Waals surface area (Å²) in [4.78, 5) is 39.9. The summed E-state index contributed by atoms with van der Waals surface area (Å²) in [5.74, 6) is 0.200. The first-order valence-electron chi connectivity index (χ1n) is 13.3. The van der Waals surface area contributed by atoms with Gasteiger partial charge in [-0.2, -0.15) is 0 Å². The fourth-order valence-electron chi connectivity index (χ4n) is 5.25. The van der Waals surface area contributed by atoms with Crippen LogP contribution in [0.15, 0.2) is 35.9 Å². The van der Waals surface area contributed by atoms with Crippen molar-refractivity contribution in [2.24, 2.45) is 0 Å². The Morgan fingerprint density at radius 2 is 1.81 bits per heavy atom. The molecule has 0 aliphatic heterocycles. The molecule has 0 spiro atoms. The van der Waals surface area contributed by atoms with Gasteiger partial charge in [0.15, 0.2) is 0 Å². The number of ether oxygens (including phenoxy) is 1. The number of carbonyl (C=O) groups is 3. The number of amides is 2. The molecule has 0 heterocycles. The highest BCUT2D eigenvalue weighted by molar-refractivity contribution is 14.1. The smallest absolute Gasteiger partial charge is 0.247 e. The van der Waals surface area contributed by atoms with E-state index in [-0.39, 0.29) is 49.6 Å². The quantitative estimate of drug-likeness (QED) is 0.256. The molecule has 9 heteroatoms. The Morgan fingerprint density at radius 3 is 2.46 bits per heavy atom. The van der Waals surface area contributed by atoms with Crippen LogP contribution in [0.2, 0.25) is 0 Å². The summed E-state index contributed by atoms with van der Waals surface area (Å²) in [5.41, 5.74) is 0.426. The third kappa shape index (κ3) is 8.51. The van der Waals surface area contributed by atoms with Gasteiger partial charge in [0.1, 0.15) is 23.7 Å². The topological polar surface area (TPSA) is 116 Å². The van der Waals surface area contributed by atoms with E-state index in [1.54, 1.807) is 6.08 Å². The monoisotopic (exact) mass is 626 g/mol. The number of hydrogen-bond acceptors (Lipinski definition) is 6. The summed E-state index contributed by atoms with van der Waals surface area (Å²) in [6.07, 6.45) is 6.92. The standard InChI is InChI=1S/C28H39IN2O6/c1-19(33)9-8-14-26(34)31(21-10-4-2-3-5-11-21)23-17-20(28(36)30-15-16-32)18-25(27(23)35)37-24-13-7-6-12-22(24)29/h6-7,12-13,18,21,23,25,27,32,35H,2-5,8-11,14-17H2,1H3,(H,30,36)/t23-,25+,27+/m1/s1. The van der Waals surface area contributed by atoms with E-state index in [1.165, 1.54) is 6.92 Å². The largest absolute Gasteiger partial charge is 0.482 e. The molecule has 0 saturated heterocycles. The van der Waals surface area contributed by atoms with Crippen LogP contribution in [-0.4, -0.2) is 70.2 Å². The average molecular weight is 627 g/mol. The number of aliphatic hydroxyl groups excluding tert-OH is 2.